The van der Waals surface area contributed by atoms with Crippen molar-refractivity contribution in [1.29, 1.82) is 0 Å². The summed E-state index contributed by atoms with van der Waals surface area (Å²) in [5, 5.41) is 0. The van der Waals surface area contributed by atoms with Gasteiger partial charge in [0.05, 0.1) is 0 Å². The number of hydrogen-bond acceptors (Lipinski definition) is 4. The molecule has 4 nitrogen and oxygen atoms in total. The normalized spacial score (nSPS) is 13.4. The first-order chi connectivity index (χ1) is 15.7. The summed E-state index contributed by atoms with van der Waals surface area (Å²) < 4.78 is 11.7. The molecule has 8 bridgehead atoms. The van der Waals surface area contributed by atoms with Crippen LogP contribution >= 0.6 is 0 Å². The SMILES string of the molecule is O=C1c2ccc(cc2)COc2ccc(cc2)OCc2ccc(cc2)C(=O)c2cccc1c2. The molecule has 156 valence electrons. The first-order valence-corrected chi connectivity index (χ1v) is 10.4. The summed E-state index contributed by atoms with van der Waals surface area (Å²) >= 11 is 0. The van der Waals surface area contributed by atoms with Gasteiger partial charge in [-0.1, -0.05) is 66.7 Å². The molecule has 0 N–H and O–H groups in total. The number of ketones is 2. The molecule has 5 heterocycles. The van der Waals surface area contributed by atoms with Gasteiger partial charge in [-0.15, -0.1) is 0 Å². The van der Waals surface area contributed by atoms with Gasteiger partial charge in [0.25, 0.3) is 0 Å². The highest BCUT2D eigenvalue weighted by molar-refractivity contribution is 6.13. The number of carbonyl (C=O) groups excluding carboxylic acids is 2. The van der Waals surface area contributed by atoms with E-state index in [-0.39, 0.29) is 11.6 Å². The molecule has 5 aliphatic rings. The highest BCUT2D eigenvalue weighted by Gasteiger charge is 2.14. The van der Waals surface area contributed by atoms with Crippen molar-refractivity contribution in [1.82, 2.24) is 0 Å². The van der Waals surface area contributed by atoms with E-state index in [2.05, 4.69) is 0 Å². The van der Waals surface area contributed by atoms with Crippen LogP contribution in [0.4, 0.5) is 0 Å². The number of hydrogen-bond donors (Lipinski definition) is 0. The van der Waals surface area contributed by atoms with E-state index in [1.807, 2.05) is 48.5 Å². The Kier molecular flexibility index (Phi) is 5.26. The summed E-state index contributed by atoms with van der Waals surface area (Å²) in [5.41, 5.74) is 4.01. The number of carbonyl (C=O) groups is 2. The minimum atomic E-state index is -0.124. The molecule has 5 aliphatic heterocycles. The molecule has 0 unspecified atom stereocenters. The molecule has 0 amide bonds. The topological polar surface area (TPSA) is 52.6 Å². The van der Waals surface area contributed by atoms with E-state index >= 15 is 0 Å². The quantitative estimate of drug-likeness (QED) is 0.371. The van der Waals surface area contributed by atoms with E-state index in [1.54, 1.807) is 48.5 Å². The molecule has 0 fully saturated rings. The van der Waals surface area contributed by atoms with Gasteiger partial charge < -0.3 is 9.47 Å². The molecule has 4 aromatic carbocycles. The Morgan fingerprint density at radius 2 is 0.875 bits per heavy atom. The minimum absolute atomic E-state index is 0.124. The molecule has 0 saturated heterocycles. The fraction of sp³-hybridized carbons (Fsp3) is 0.0714. The van der Waals surface area contributed by atoms with Crippen molar-refractivity contribution in [3.63, 3.8) is 0 Å². The van der Waals surface area contributed by atoms with Gasteiger partial charge in [-0.05, 0) is 41.5 Å². The fourth-order valence-corrected chi connectivity index (χ4v) is 3.61. The van der Waals surface area contributed by atoms with E-state index in [0.717, 1.165) is 22.6 Å². The zero-order valence-electron chi connectivity index (χ0n) is 17.3. The lowest BCUT2D eigenvalue weighted by atomic mass is 9.97. The highest BCUT2D eigenvalue weighted by Crippen LogP contribution is 2.21. The molecule has 9 rings (SSSR count). The highest BCUT2D eigenvalue weighted by atomic mass is 16.5. The van der Waals surface area contributed by atoms with Gasteiger partial charge in [-0.3, -0.25) is 9.59 Å². The van der Waals surface area contributed by atoms with E-state index < -0.39 is 0 Å². The Morgan fingerprint density at radius 1 is 0.469 bits per heavy atom. The number of fused-ring (bicyclic) bond motifs is 1. The summed E-state index contributed by atoms with van der Waals surface area (Å²) in [6, 6.07) is 29.0. The van der Waals surface area contributed by atoms with Gasteiger partial charge in [-0.25, -0.2) is 0 Å². The van der Waals surface area contributed by atoms with Crippen LogP contribution in [0.25, 0.3) is 0 Å². The van der Waals surface area contributed by atoms with Crippen LogP contribution in [0.5, 0.6) is 11.5 Å². The van der Waals surface area contributed by atoms with E-state index in [0.29, 0.717) is 35.5 Å². The van der Waals surface area contributed by atoms with Crippen LogP contribution in [0.3, 0.4) is 0 Å². The lowest BCUT2D eigenvalue weighted by Gasteiger charge is -2.09. The van der Waals surface area contributed by atoms with Crippen LogP contribution in [0.1, 0.15) is 43.0 Å². The summed E-state index contributed by atoms with van der Waals surface area (Å²) in [4.78, 5) is 26.0. The maximum atomic E-state index is 13.0. The predicted octanol–water partition coefficient (Wildman–Crippen LogP) is 5.62. The maximum absolute atomic E-state index is 13.0. The molecule has 32 heavy (non-hydrogen) atoms. The minimum Gasteiger partial charge on any atom is -0.489 e. The van der Waals surface area contributed by atoms with Crippen LogP contribution in [0.15, 0.2) is 97.1 Å². The number of ether oxygens (including phenoxy) is 2. The Balaban J connectivity index is 1.52. The molecule has 0 atom stereocenters. The van der Waals surface area contributed by atoms with Gasteiger partial charge in [0.1, 0.15) is 24.7 Å². The lowest BCUT2D eigenvalue weighted by Crippen LogP contribution is -2.06. The van der Waals surface area contributed by atoms with Crippen molar-refractivity contribution in [2.75, 3.05) is 0 Å². The second-order valence-electron chi connectivity index (χ2n) is 7.68. The first-order valence-electron chi connectivity index (χ1n) is 10.4. The Morgan fingerprint density at radius 3 is 1.28 bits per heavy atom. The molecule has 0 saturated carbocycles. The van der Waals surface area contributed by atoms with Crippen molar-refractivity contribution in [2.24, 2.45) is 0 Å². The van der Waals surface area contributed by atoms with Gasteiger partial charge in [-0.2, -0.15) is 0 Å². The Bertz CT molecular complexity index is 1170. The van der Waals surface area contributed by atoms with Crippen LogP contribution in [0, 0.1) is 0 Å². The molecule has 0 radical (unpaired) electrons. The lowest BCUT2D eigenvalue weighted by molar-refractivity contribution is 0.103. The Hall–Kier alpha value is -4.18. The summed E-state index contributed by atoms with van der Waals surface area (Å²) in [6.45, 7) is 0.787. The van der Waals surface area contributed by atoms with E-state index in [1.165, 1.54) is 0 Å². The van der Waals surface area contributed by atoms with Crippen LogP contribution in [-0.2, 0) is 13.2 Å². The molecule has 0 spiro atoms. The molecule has 4 aromatic rings. The second kappa shape index (κ2) is 8.52. The largest absolute Gasteiger partial charge is 0.489 e. The van der Waals surface area contributed by atoms with Crippen molar-refractivity contribution >= 4 is 11.6 Å². The maximum Gasteiger partial charge on any atom is 0.193 e. The van der Waals surface area contributed by atoms with Crippen molar-refractivity contribution in [3.8, 4) is 11.5 Å². The smallest absolute Gasteiger partial charge is 0.193 e. The third kappa shape index (κ3) is 4.16. The van der Waals surface area contributed by atoms with Crippen molar-refractivity contribution in [3.05, 3.63) is 130 Å². The summed E-state index contributed by atoms with van der Waals surface area (Å²) in [5.74, 6) is 1.23. The predicted molar refractivity (Wildman–Crippen MR) is 121 cm³/mol. The van der Waals surface area contributed by atoms with Crippen LogP contribution in [-0.4, -0.2) is 11.6 Å². The van der Waals surface area contributed by atoms with Gasteiger partial charge >= 0.3 is 0 Å². The standard InChI is InChI=1S/C28H20O4/c29-27-21-8-4-19(5-9-21)17-31-25-12-14-26(15-13-25)32-18-20-6-10-22(11-7-20)28(30)24-3-1-2-23(27)16-24/h1-16H,17-18H2. The third-order valence-corrected chi connectivity index (χ3v) is 5.45. The first kappa shape index (κ1) is 19.8. The molecule has 0 aliphatic carbocycles. The molecular formula is C28H20O4. The van der Waals surface area contributed by atoms with E-state index in [4.69, 9.17) is 9.47 Å². The van der Waals surface area contributed by atoms with Gasteiger partial charge in [0.15, 0.2) is 11.6 Å². The Labute approximate surface area is 186 Å². The monoisotopic (exact) mass is 420 g/mol. The van der Waals surface area contributed by atoms with Gasteiger partial charge in [0.2, 0.25) is 0 Å². The van der Waals surface area contributed by atoms with Crippen LogP contribution < -0.4 is 9.47 Å². The number of benzene rings is 4. The number of rotatable bonds is 0. The summed E-state index contributed by atoms with van der Waals surface area (Å²) in [7, 11) is 0. The summed E-state index contributed by atoms with van der Waals surface area (Å²) in [6.07, 6.45) is 0. The average molecular weight is 420 g/mol. The average Bonchev–Trinajstić information content (AvgIpc) is 2.86. The molecule has 4 heteroatoms. The van der Waals surface area contributed by atoms with Gasteiger partial charge in [0, 0.05) is 22.3 Å². The zero-order chi connectivity index (χ0) is 21.9. The fourth-order valence-electron chi connectivity index (χ4n) is 3.61. The van der Waals surface area contributed by atoms with E-state index in [9.17, 15) is 9.59 Å². The zero-order valence-corrected chi connectivity index (χ0v) is 17.3. The second-order valence-corrected chi connectivity index (χ2v) is 7.68. The van der Waals surface area contributed by atoms with Crippen molar-refractivity contribution in [2.45, 2.75) is 13.2 Å². The third-order valence-electron chi connectivity index (χ3n) is 5.45. The molecule has 0 aromatic heterocycles. The van der Waals surface area contributed by atoms with Crippen LogP contribution in [0.2, 0.25) is 0 Å². The molecular weight excluding hydrogens is 400 g/mol. The van der Waals surface area contributed by atoms with Crippen molar-refractivity contribution < 1.29 is 19.1 Å².